The van der Waals surface area contributed by atoms with Crippen molar-refractivity contribution >= 4 is 11.8 Å². The van der Waals surface area contributed by atoms with Crippen molar-refractivity contribution in [1.29, 1.82) is 0 Å². The minimum Gasteiger partial charge on any atom is -0.495 e. The van der Waals surface area contributed by atoms with Gasteiger partial charge < -0.3 is 19.1 Å². The number of aryl methyl sites for hydroxylation is 1. The van der Waals surface area contributed by atoms with Crippen molar-refractivity contribution in [3.8, 4) is 11.4 Å². The SMILES string of the molecule is COc1cc(C2CN(C(C)=O)CC23CCCN(C(C)c2ccc(F)cc2)C3=O)ccc1-n1cnc(C)c1. The van der Waals surface area contributed by atoms with Gasteiger partial charge in [0.1, 0.15) is 11.6 Å². The maximum Gasteiger partial charge on any atom is 0.231 e. The van der Waals surface area contributed by atoms with Gasteiger partial charge in [0.05, 0.1) is 36.3 Å². The molecule has 2 aromatic carbocycles. The summed E-state index contributed by atoms with van der Waals surface area (Å²) in [5.74, 6) is 0.243. The maximum absolute atomic E-state index is 14.3. The fourth-order valence-electron chi connectivity index (χ4n) is 6.07. The average molecular weight is 505 g/mol. The van der Waals surface area contributed by atoms with Crippen molar-refractivity contribution in [2.45, 2.75) is 45.6 Å². The number of amides is 2. The molecule has 0 bridgehead atoms. The van der Waals surface area contributed by atoms with E-state index in [2.05, 4.69) is 4.98 Å². The zero-order valence-electron chi connectivity index (χ0n) is 21.8. The molecule has 2 aliphatic heterocycles. The van der Waals surface area contributed by atoms with Crippen LogP contribution in [0, 0.1) is 18.2 Å². The van der Waals surface area contributed by atoms with Crippen molar-refractivity contribution in [2.75, 3.05) is 26.7 Å². The highest BCUT2D eigenvalue weighted by Crippen LogP contribution is 2.51. The van der Waals surface area contributed by atoms with E-state index in [-0.39, 0.29) is 29.6 Å². The molecule has 0 N–H and O–H groups in total. The lowest BCUT2D eigenvalue weighted by Crippen LogP contribution is -2.53. The second-order valence-corrected chi connectivity index (χ2v) is 10.3. The molecule has 5 rings (SSSR count). The Labute approximate surface area is 216 Å². The van der Waals surface area contributed by atoms with Crippen LogP contribution < -0.4 is 4.74 Å². The molecule has 1 spiro atoms. The number of rotatable bonds is 5. The molecule has 0 aliphatic carbocycles. The van der Waals surface area contributed by atoms with Crippen molar-refractivity contribution in [2.24, 2.45) is 5.41 Å². The van der Waals surface area contributed by atoms with Gasteiger partial charge in [-0.3, -0.25) is 9.59 Å². The Morgan fingerprint density at radius 1 is 1.22 bits per heavy atom. The first kappa shape index (κ1) is 25.0. The molecule has 2 amide bonds. The van der Waals surface area contributed by atoms with Gasteiger partial charge in [-0.2, -0.15) is 0 Å². The van der Waals surface area contributed by atoms with E-state index in [0.29, 0.717) is 31.8 Å². The number of hydrogen-bond donors (Lipinski definition) is 0. The number of methoxy groups -OCH3 is 1. The summed E-state index contributed by atoms with van der Waals surface area (Å²) < 4.78 is 21.2. The lowest BCUT2D eigenvalue weighted by atomic mass is 9.68. The molecular weight excluding hydrogens is 471 g/mol. The summed E-state index contributed by atoms with van der Waals surface area (Å²) >= 11 is 0. The van der Waals surface area contributed by atoms with Gasteiger partial charge in [-0.05, 0) is 62.1 Å². The van der Waals surface area contributed by atoms with E-state index in [1.165, 1.54) is 12.1 Å². The predicted molar refractivity (Wildman–Crippen MR) is 138 cm³/mol. The number of carbonyl (C=O) groups is 2. The standard InChI is InChI=1S/C29H33FN4O3/c1-19-15-33(18-31-19)26-11-8-23(14-27(26)37-4)25-16-32(21(3)35)17-29(25)12-5-13-34(28(29)36)20(2)22-6-9-24(30)10-7-22/h6-11,14-15,18,20,25H,5,12-13,16-17H2,1-4H3. The van der Waals surface area contributed by atoms with Crippen molar-refractivity contribution in [3.05, 3.63) is 77.6 Å². The third-order valence-electron chi connectivity index (χ3n) is 8.11. The molecule has 2 fully saturated rings. The van der Waals surface area contributed by atoms with E-state index in [0.717, 1.165) is 28.9 Å². The lowest BCUT2D eigenvalue weighted by molar-refractivity contribution is -0.149. The maximum atomic E-state index is 14.3. The summed E-state index contributed by atoms with van der Waals surface area (Å²) in [5.41, 5.74) is 2.92. The van der Waals surface area contributed by atoms with E-state index in [1.54, 1.807) is 37.4 Å². The fraction of sp³-hybridized carbons (Fsp3) is 0.414. The first-order valence-electron chi connectivity index (χ1n) is 12.7. The lowest BCUT2D eigenvalue weighted by Gasteiger charge is -2.45. The number of carbonyl (C=O) groups excluding carboxylic acids is 2. The highest BCUT2D eigenvalue weighted by molar-refractivity contribution is 5.87. The topological polar surface area (TPSA) is 67.7 Å². The molecule has 7 nitrogen and oxygen atoms in total. The summed E-state index contributed by atoms with van der Waals surface area (Å²) in [5, 5.41) is 0. The molecule has 3 unspecified atom stereocenters. The largest absolute Gasteiger partial charge is 0.495 e. The molecular formula is C29H33FN4O3. The summed E-state index contributed by atoms with van der Waals surface area (Å²) in [6.07, 6.45) is 5.23. The number of hydrogen-bond acceptors (Lipinski definition) is 4. The summed E-state index contributed by atoms with van der Waals surface area (Å²) in [7, 11) is 1.64. The number of aromatic nitrogens is 2. The van der Waals surface area contributed by atoms with Crippen LogP contribution in [0.15, 0.2) is 55.0 Å². The van der Waals surface area contributed by atoms with E-state index in [9.17, 15) is 14.0 Å². The zero-order valence-corrected chi connectivity index (χ0v) is 21.8. The normalized spacial score (nSPS) is 22.5. The average Bonchev–Trinajstić information content (AvgIpc) is 3.50. The second kappa shape index (κ2) is 9.65. The number of ether oxygens (including phenoxy) is 1. The van der Waals surface area contributed by atoms with Gasteiger partial charge in [-0.15, -0.1) is 0 Å². The first-order valence-corrected chi connectivity index (χ1v) is 12.7. The monoisotopic (exact) mass is 504 g/mol. The Kier molecular flexibility index (Phi) is 6.52. The molecule has 194 valence electrons. The number of benzene rings is 2. The number of likely N-dealkylation sites (tertiary alicyclic amines) is 2. The Bertz CT molecular complexity index is 1320. The van der Waals surface area contributed by atoms with Gasteiger partial charge in [0.25, 0.3) is 0 Å². The minimum atomic E-state index is -0.726. The quantitative estimate of drug-likeness (QED) is 0.508. The molecule has 0 radical (unpaired) electrons. The fourth-order valence-corrected chi connectivity index (χ4v) is 6.07. The Balaban J connectivity index is 1.53. The van der Waals surface area contributed by atoms with Gasteiger partial charge in [0, 0.05) is 38.7 Å². The van der Waals surface area contributed by atoms with Crippen LogP contribution in [0.2, 0.25) is 0 Å². The zero-order chi connectivity index (χ0) is 26.3. The van der Waals surface area contributed by atoms with Crippen molar-refractivity contribution < 1.29 is 18.7 Å². The predicted octanol–water partition coefficient (Wildman–Crippen LogP) is 4.64. The highest BCUT2D eigenvalue weighted by Gasteiger charge is 2.56. The van der Waals surface area contributed by atoms with Crippen LogP contribution in [0.1, 0.15) is 55.5 Å². The molecule has 0 saturated carbocycles. The van der Waals surface area contributed by atoms with Crippen molar-refractivity contribution in [1.82, 2.24) is 19.4 Å². The highest BCUT2D eigenvalue weighted by atomic mass is 19.1. The van der Waals surface area contributed by atoms with E-state index >= 15 is 0 Å². The van der Waals surface area contributed by atoms with Crippen LogP contribution in [0.25, 0.3) is 5.69 Å². The van der Waals surface area contributed by atoms with Crippen LogP contribution >= 0.6 is 0 Å². The van der Waals surface area contributed by atoms with Gasteiger partial charge in [-0.25, -0.2) is 9.37 Å². The third-order valence-corrected chi connectivity index (χ3v) is 8.11. The molecule has 8 heteroatoms. The van der Waals surface area contributed by atoms with E-state index in [1.807, 2.05) is 47.7 Å². The van der Waals surface area contributed by atoms with E-state index < -0.39 is 5.41 Å². The summed E-state index contributed by atoms with van der Waals surface area (Å²) in [6, 6.07) is 12.2. The van der Waals surface area contributed by atoms with Crippen molar-refractivity contribution in [3.63, 3.8) is 0 Å². The Morgan fingerprint density at radius 2 is 1.97 bits per heavy atom. The molecule has 1 aromatic heterocycles. The Hall–Kier alpha value is -3.68. The van der Waals surface area contributed by atoms with Gasteiger partial charge >= 0.3 is 0 Å². The summed E-state index contributed by atoms with van der Waals surface area (Å²) in [4.78, 5) is 34.9. The van der Waals surface area contributed by atoms with Gasteiger partial charge in [0.15, 0.2) is 0 Å². The van der Waals surface area contributed by atoms with Crippen LogP contribution in [-0.2, 0) is 9.59 Å². The molecule has 2 saturated heterocycles. The Morgan fingerprint density at radius 3 is 2.62 bits per heavy atom. The number of piperidine rings is 1. The molecule has 2 aliphatic rings. The molecule has 37 heavy (non-hydrogen) atoms. The van der Waals surface area contributed by atoms with Crippen LogP contribution in [0.5, 0.6) is 5.75 Å². The van der Waals surface area contributed by atoms with Crippen LogP contribution in [0.4, 0.5) is 4.39 Å². The number of halogens is 1. The van der Waals surface area contributed by atoms with E-state index in [4.69, 9.17) is 4.74 Å². The molecule has 3 atom stereocenters. The van der Waals surface area contributed by atoms with Gasteiger partial charge in [-0.1, -0.05) is 18.2 Å². The third kappa shape index (κ3) is 4.38. The van der Waals surface area contributed by atoms with Gasteiger partial charge in [0.2, 0.25) is 11.8 Å². The van der Waals surface area contributed by atoms with Crippen LogP contribution in [0.3, 0.4) is 0 Å². The molecule has 3 heterocycles. The number of nitrogens with zero attached hydrogens (tertiary/aromatic N) is 4. The summed E-state index contributed by atoms with van der Waals surface area (Å²) in [6.45, 7) is 6.99. The smallest absolute Gasteiger partial charge is 0.231 e. The van der Waals surface area contributed by atoms with Crippen LogP contribution in [-0.4, -0.2) is 57.9 Å². The second-order valence-electron chi connectivity index (χ2n) is 10.3. The molecule has 3 aromatic rings. The first-order chi connectivity index (χ1) is 17.7. The number of imidazole rings is 1. The minimum absolute atomic E-state index is 0.0316.